The molecule has 0 radical (unpaired) electrons. The Morgan fingerprint density at radius 1 is 1.18 bits per heavy atom. The summed E-state index contributed by atoms with van der Waals surface area (Å²) in [5.41, 5.74) is 13.3. The third kappa shape index (κ3) is 2.64. The van der Waals surface area contributed by atoms with Crippen LogP contribution in [0, 0.1) is 6.92 Å². The van der Waals surface area contributed by atoms with Crippen molar-refractivity contribution in [2.75, 3.05) is 5.32 Å². The van der Waals surface area contributed by atoms with Crippen LogP contribution in [0.25, 0.3) is 0 Å². The van der Waals surface area contributed by atoms with Crippen molar-refractivity contribution in [2.45, 2.75) is 39.2 Å². The van der Waals surface area contributed by atoms with E-state index in [0.29, 0.717) is 6.42 Å². The molecule has 1 unspecified atom stereocenters. The number of fused-ring (bicyclic) bond motifs is 1. The molecule has 22 heavy (non-hydrogen) atoms. The molecule has 0 aliphatic carbocycles. The number of amides is 1. The van der Waals surface area contributed by atoms with Gasteiger partial charge in [-0.3, -0.25) is 4.79 Å². The lowest BCUT2D eigenvalue weighted by molar-refractivity contribution is -0.116. The van der Waals surface area contributed by atoms with Crippen molar-refractivity contribution >= 4 is 11.6 Å². The van der Waals surface area contributed by atoms with Gasteiger partial charge < -0.3 is 11.1 Å². The Balaban J connectivity index is 2.13. The Labute approximate surface area is 131 Å². The summed E-state index contributed by atoms with van der Waals surface area (Å²) < 4.78 is 0. The molecule has 0 fully saturated rings. The van der Waals surface area contributed by atoms with Gasteiger partial charge in [0.2, 0.25) is 5.91 Å². The quantitative estimate of drug-likeness (QED) is 0.910. The number of nitrogens with one attached hydrogen (secondary N) is 1. The van der Waals surface area contributed by atoms with Crippen molar-refractivity contribution in [2.24, 2.45) is 5.73 Å². The van der Waals surface area contributed by atoms with E-state index in [-0.39, 0.29) is 11.9 Å². The average Bonchev–Trinajstić information content (AvgIpc) is 2.53. The predicted octanol–water partition coefficient (Wildman–Crippen LogP) is 3.49. The molecule has 2 aromatic rings. The van der Waals surface area contributed by atoms with Crippen LogP contribution in [0.4, 0.5) is 5.69 Å². The summed E-state index contributed by atoms with van der Waals surface area (Å²) >= 11 is 0. The van der Waals surface area contributed by atoms with E-state index < -0.39 is 0 Å². The molecule has 3 rings (SSSR count). The molecule has 3 nitrogen and oxygen atoms in total. The van der Waals surface area contributed by atoms with Gasteiger partial charge in [0.05, 0.1) is 6.04 Å². The van der Waals surface area contributed by atoms with Gasteiger partial charge in [0.25, 0.3) is 0 Å². The van der Waals surface area contributed by atoms with Crippen molar-refractivity contribution in [3.8, 4) is 0 Å². The summed E-state index contributed by atoms with van der Waals surface area (Å²) in [6.45, 7) is 4.22. The van der Waals surface area contributed by atoms with Crippen LogP contribution in [0.2, 0.25) is 0 Å². The number of benzene rings is 2. The lowest BCUT2D eigenvalue weighted by atomic mass is 9.88. The normalized spacial score (nSPS) is 15.1. The first-order valence-corrected chi connectivity index (χ1v) is 7.86. The maximum atomic E-state index is 11.8. The molecule has 0 saturated carbocycles. The molecule has 0 saturated heterocycles. The number of aryl methyl sites for hydroxylation is 3. The fraction of sp³-hybridized carbons (Fsp3) is 0.316. The highest BCUT2D eigenvalue weighted by Crippen LogP contribution is 2.35. The van der Waals surface area contributed by atoms with E-state index >= 15 is 0 Å². The third-order valence-corrected chi connectivity index (χ3v) is 4.46. The molecular weight excluding hydrogens is 272 g/mol. The topological polar surface area (TPSA) is 55.1 Å². The molecule has 114 valence electrons. The second-order valence-electron chi connectivity index (χ2n) is 5.96. The summed E-state index contributed by atoms with van der Waals surface area (Å²) in [7, 11) is 0. The Kier molecular flexibility index (Phi) is 3.99. The van der Waals surface area contributed by atoms with Gasteiger partial charge in [-0.1, -0.05) is 43.3 Å². The number of hydrogen-bond donors (Lipinski definition) is 2. The number of nitrogens with two attached hydrogens (primary N) is 1. The zero-order valence-corrected chi connectivity index (χ0v) is 13.1. The van der Waals surface area contributed by atoms with E-state index in [2.05, 4.69) is 43.4 Å². The van der Waals surface area contributed by atoms with E-state index in [1.54, 1.807) is 0 Å². The van der Waals surface area contributed by atoms with Crippen LogP contribution in [-0.4, -0.2) is 5.91 Å². The van der Waals surface area contributed by atoms with Gasteiger partial charge in [-0.25, -0.2) is 0 Å². The van der Waals surface area contributed by atoms with Crippen molar-refractivity contribution in [3.63, 3.8) is 0 Å². The minimum Gasteiger partial charge on any atom is -0.326 e. The van der Waals surface area contributed by atoms with Gasteiger partial charge in [-0.2, -0.15) is 0 Å². The van der Waals surface area contributed by atoms with Crippen LogP contribution < -0.4 is 11.1 Å². The first kappa shape index (κ1) is 14.8. The van der Waals surface area contributed by atoms with Crippen LogP contribution in [0.15, 0.2) is 36.4 Å². The van der Waals surface area contributed by atoms with Crippen molar-refractivity contribution in [1.82, 2.24) is 0 Å². The van der Waals surface area contributed by atoms with Crippen molar-refractivity contribution < 1.29 is 4.79 Å². The highest BCUT2D eigenvalue weighted by atomic mass is 16.1. The van der Waals surface area contributed by atoms with Gasteiger partial charge in [0, 0.05) is 12.1 Å². The number of rotatable bonds is 3. The van der Waals surface area contributed by atoms with Crippen LogP contribution in [0.1, 0.15) is 47.2 Å². The Hall–Kier alpha value is -2.13. The smallest absolute Gasteiger partial charge is 0.224 e. The molecule has 0 bridgehead atoms. The first-order chi connectivity index (χ1) is 10.6. The van der Waals surface area contributed by atoms with Crippen molar-refractivity contribution in [1.29, 1.82) is 0 Å². The molecule has 3 N–H and O–H groups in total. The summed E-state index contributed by atoms with van der Waals surface area (Å²) in [5.74, 6) is 0.0787. The van der Waals surface area contributed by atoms with Gasteiger partial charge >= 0.3 is 0 Å². The molecule has 2 aromatic carbocycles. The summed E-state index contributed by atoms with van der Waals surface area (Å²) in [4.78, 5) is 11.8. The predicted molar refractivity (Wildman–Crippen MR) is 90.0 cm³/mol. The minimum atomic E-state index is -0.222. The Morgan fingerprint density at radius 3 is 2.68 bits per heavy atom. The van der Waals surface area contributed by atoms with Gasteiger partial charge in [0.15, 0.2) is 0 Å². The molecule has 1 heterocycles. The minimum absolute atomic E-state index is 0.0787. The third-order valence-electron chi connectivity index (χ3n) is 4.46. The molecule has 0 aromatic heterocycles. The van der Waals surface area contributed by atoms with Gasteiger partial charge in [-0.15, -0.1) is 0 Å². The molecule has 1 amide bonds. The van der Waals surface area contributed by atoms with Crippen molar-refractivity contribution in [3.05, 3.63) is 64.2 Å². The summed E-state index contributed by atoms with van der Waals surface area (Å²) in [6.07, 6.45) is 2.32. The van der Waals surface area contributed by atoms with E-state index in [9.17, 15) is 4.79 Å². The number of carbonyl (C=O) groups is 1. The fourth-order valence-corrected chi connectivity index (χ4v) is 3.15. The monoisotopic (exact) mass is 294 g/mol. The van der Waals surface area contributed by atoms with Crippen LogP contribution >= 0.6 is 0 Å². The second-order valence-corrected chi connectivity index (χ2v) is 5.96. The summed E-state index contributed by atoms with van der Waals surface area (Å²) in [5, 5.41) is 3.03. The largest absolute Gasteiger partial charge is 0.326 e. The van der Waals surface area contributed by atoms with Crippen LogP contribution in [0.3, 0.4) is 0 Å². The van der Waals surface area contributed by atoms with Crippen LogP contribution in [0.5, 0.6) is 0 Å². The van der Waals surface area contributed by atoms with Gasteiger partial charge in [-0.05, 0) is 47.6 Å². The zero-order chi connectivity index (χ0) is 15.7. The maximum absolute atomic E-state index is 11.8. The average molecular weight is 294 g/mol. The molecule has 1 aliphatic rings. The molecule has 0 spiro atoms. The SMILES string of the molecule is CCc1cc2c(c(C(N)c3ccccc3C)c1)NC(=O)CC2. The van der Waals surface area contributed by atoms with Crippen LogP contribution in [-0.2, 0) is 17.6 Å². The second kappa shape index (κ2) is 5.93. The highest BCUT2D eigenvalue weighted by molar-refractivity contribution is 5.95. The molecule has 3 heteroatoms. The fourth-order valence-electron chi connectivity index (χ4n) is 3.15. The van der Waals surface area contributed by atoms with E-state index in [0.717, 1.165) is 29.7 Å². The summed E-state index contributed by atoms with van der Waals surface area (Å²) in [6, 6.07) is 12.3. The number of hydrogen-bond acceptors (Lipinski definition) is 2. The molecule has 1 atom stereocenters. The lowest BCUT2D eigenvalue weighted by Crippen LogP contribution is -2.24. The van der Waals surface area contributed by atoms with E-state index in [1.807, 2.05) is 12.1 Å². The zero-order valence-electron chi connectivity index (χ0n) is 13.1. The standard InChI is InChI=1S/C19H22N2O/c1-3-13-10-14-8-9-17(22)21-19(14)16(11-13)18(20)15-7-5-4-6-12(15)2/h4-7,10-11,18H,3,8-9,20H2,1-2H3,(H,21,22). The van der Waals surface area contributed by atoms with E-state index in [1.165, 1.54) is 16.7 Å². The first-order valence-electron chi connectivity index (χ1n) is 7.86. The molecule has 1 aliphatic heterocycles. The van der Waals surface area contributed by atoms with Gasteiger partial charge in [0.1, 0.15) is 0 Å². The highest BCUT2D eigenvalue weighted by Gasteiger charge is 2.23. The lowest BCUT2D eigenvalue weighted by Gasteiger charge is -2.25. The Bertz CT molecular complexity index is 721. The maximum Gasteiger partial charge on any atom is 0.224 e. The Morgan fingerprint density at radius 2 is 1.95 bits per heavy atom. The number of carbonyl (C=O) groups excluding carboxylic acids is 1. The molecular formula is C19H22N2O. The number of anilines is 1. The van der Waals surface area contributed by atoms with E-state index in [4.69, 9.17) is 5.73 Å².